The largest absolute Gasteiger partial charge is 0.492 e. The van der Waals surface area contributed by atoms with E-state index in [9.17, 15) is 0 Å². The Labute approximate surface area is 169 Å². The number of likely N-dealkylation sites (tertiary alicyclic amines) is 1. The molecule has 2 aromatic heterocycles. The van der Waals surface area contributed by atoms with Crippen LogP contribution in [-0.2, 0) is 0 Å². The molecule has 0 bridgehead atoms. The molecule has 0 aliphatic carbocycles. The summed E-state index contributed by atoms with van der Waals surface area (Å²) in [5, 5.41) is 5.00. The quantitative estimate of drug-likeness (QED) is 0.452. The lowest BCUT2D eigenvalue weighted by Crippen LogP contribution is -2.33. The number of hydrogen-bond acceptors (Lipinski definition) is 3. The summed E-state index contributed by atoms with van der Waals surface area (Å²) < 4.78 is 6.05. The van der Waals surface area contributed by atoms with Crippen LogP contribution < -0.4 is 4.74 Å². The van der Waals surface area contributed by atoms with Crippen molar-refractivity contribution in [3.63, 3.8) is 0 Å². The Morgan fingerprint density at radius 3 is 2.82 bits per heavy atom. The number of benzene rings is 2. The first kappa shape index (κ1) is 17.8. The number of piperidine rings is 1. The maximum absolute atomic E-state index is 6.46. The third kappa shape index (κ3) is 3.11. The van der Waals surface area contributed by atoms with Crippen molar-refractivity contribution in [1.82, 2.24) is 14.9 Å². The average Bonchev–Trinajstić information content (AvgIpc) is 3.13. The summed E-state index contributed by atoms with van der Waals surface area (Å²) in [6, 6.07) is 10.6. The van der Waals surface area contributed by atoms with Crippen LogP contribution in [-0.4, -0.2) is 41.1 Å². The lowest BCUT2D eigenvalue weighted by Gasteiger charge is -2.26. The summed E-state index contributed by atoms with van der Waals surface area (Å²) in [6.07, 6.45) is 5.81. The number of nitrogens with one attached hydrogen (secondary N) is 1. The van der Waals surface area contributed by atoms with E-state index >= 15 is 0 Å². The molecule has 0 unspecified atom stereocenters. The molecule has 0 saturated carbocycles. The minimum atomic E-state index is 0.543. The molecule has 0 radical (unpaired) electrons. The highest BCUT2D eigenvalue weighted by Gasteiger charge is 2.14. The predicted molar refractivity (Wildman–Crippen MR) is 117 cm³/mol. The molecular weight excluding hydrogens is 370 g/mol. The van der Waals surface area contributed by atoms with Crippen molar-refractivity contribution in [2.45, 2.75) is 26.2 Å². The Hall–Kier alpha value is -2.30. The van der Waals surface area contributed by atoms with Gasteiger partial charge in [-0.3, -0.25) is 4.90 Å². The van der Waals surface area contributed by atoms with Crippen molar-refractivity contribution < 1.29 is 4.74 Å². The molecule has 5 heteroatoms. The monoisotopic (exact) mass is 393 g/mol. The van der Waals surface area contributed by atoms with Gasteiger partial charge in [-0.2, -0.15) is 0 Å². The van der Waals surface area contributed by atoms with E-state index in [0.717, 1.165) is 51.7 Å². The van der Waals surface area contributed by atoms with Crippen LogP contribution in [0.25, 0.3) is 32.6 Å². The fourth-order valence-electron chi connectivity index (χ4n) is 4.35. The van der Waals surface area contributed by atoms with E-state index in [1.807, 2.05) is 6.20 Å². The number of halogens is 1. The van der Waals surface area contributed by atoms with Crippen molar-refractivity contribution in [1.29, 1.82) is 0 Å². The van der Waals surface area contributed by atoms with Crippen LogP contribution in [0.2, 0.25) is 5.15 Å². The summed E-state index contributed by atoms with van der Waals surface area (Å²) in [6.45, 7) is 6.19. The molecular formula is C23H24ClN3O. The zero-order chi connectivity index (χ0) is 19.1. The molecule has 1 aliphatic rings. The maximum atomic E-state index is 6.46. The molecule has 1 N–H and O–H groups in total. The second-order valence-electron chi connectivity index (χ2n) is 7.73. The second-order valence-corrected chi connectivity index (χ2v) is 8.09. The van der Waals surface area contributed by atoms with Gasteiger partial charge in [0.15, 0.2) is 0 Å². The zero-order valence-electron chi connectivity index (χ0n) is 16.1. The van der Waals surface area contributed by atoms with Gasteiger partial charge < -0.3 is 9.72 Å². The third-order valence-electron chi connectivity index (χ3n) is 5.85. The number of pyridine rings is 1. The molecule has 5 rings (SSSR count). The molecule has 0 spiro atoms. The second kappa shape index (κ2) is 7.26. The summed E-state index contributed by atoms with van der Waals surface area (Å²) in [5.41, 5.74) is 3.24. The highest BCUT2D eigenvalue weighted by molar-refractivity contribution is 6.38. The van der Waals surface area contributed by atoms with E-state index < -0.39 is 0 Å². The van der Waals surface area contributed by atoms with Crippen molar-refractivity contribution in [2.75, 3.05) is 26.2 Å². The predicted octanol–water partition coefficient (Wildman–Crippen LogP) is 5.70. The molecule has 144 valence electrons. The summed E-state index contributed by atoms with van der Waals surface area (Å²) >= 11 is 6.46. The number of nitrogens with zero attached hydrogens (tertiary/aromatic N) is 2. The summed E-state index contributed by atoms with van der Waals surface area (Å²) in [4.78, 5) is 10.4. The van der Waals surface area contributed by atoms with E-state index in [4.69, 9.17) is 16.3 Å². The average molecular weight is 394 g/mol. The first-order chi connectivity index (χ1) is 13.7. The fraction of sp³-hybridized carbons (Fsp3) is 0.348. The van der Waals surface area contributed by atoms with Crippen molar-refractivity contribution in [2.24, 2.45) is 0 Å². The molecule has 0 amide bonds. The fourth-order valence-corrected chi connectivity index (χ4v) is 4.59. The minimum Gasteiger partial charge on any atom is -0.492 e. The minimum absolute atomic E-state index is 0.543. The number of aromatic nitrogens is 2. The first-order valence-electron chi connectivity index (χ1n) is 10.0. The molecule has 2 aromatic carbocycles. The lowest BCUT2D eigenvalue weighted by molar-refractivity contribution is 0.183. The highest BCUT2D eigenvalue weighted by atomic mass is 35.5. The number of aromatic amines is 1. The van der Waals surface area contributed by atoms with E-state index in [2.05, 4.69) is 52.1 Å². The summed E-state index contributed by atoms with van der Waals surface area (Å²) in [7, 11) is 0. The van der Waals surface area contributed by atoms with E-state index in [1.54, 1.807) is 0 Å². The van der Waals surface area contributed by atoms with Gasteiger partial charge in [-0.1, -0.05) is 24.1 Å². The molecule has 4 nitrogen and oxygen atoms in total. The number of ether oxygens (including phenoxy) is 1. The van der Waals surface area contributed by atoms with Gasteiger partial charge in [0.1, 0.15) is 17.5 Å². The van der Waals surface area contributed by atoms with Crippen LogP contribution in [0, 0.1) is 6.92 Å². The van der Waals surface area contributed by atoms with Gasteiger partial charge in [0, 0.05) is 29.0 Å². The number of hydrogen-bond donors (Lipinski definition) is 1. The molecule has 0 atom stereocenters. The normalized spacial score (nSPS) is 15.6. The van der Waals surface area contributed by atoms with Crippen LogP contribution in [0.3, 0.4) is 0 Å². The number of H-pyrrole nitrogens is 1. The number of rotatable bonds is 4. The van der Waals surface area contributed by atoms with Gasteiger partial charge in [0.2, 0.25) is 0 Å². The molecule has 3 heterocycles. The SMILES string of the molecule is Cc1cnc(Cl)c2c1[nH]c1ccc3cc(OCCN4CCCCC4)ccc3c12. The lowest BCUT2D eigenvalue weighted by atomic mass is 10.0. The molecule has 4 aromatic rings. The Morgan fingerprint density at radius 1 is 1.11 bits per heavy atom. The molecule has 28 heavy (non-hydrogen) atoms. The van der Waals surface area contributed by atoms with Crippen molar-refractivity contribution in [3.8, 4) is 5.75 Å². The van der Waals surface area contributed by atoms with Gasteiger partial charge in [-0.05, 0) is 73.5 Å². The highest BCUT2D eigenvalue weighted by Crippen LogP contribution is 2.37. The number of fused-ring (bicyclic) bond motifs is 5. The van der Waals surface area contributed by atoms with Gasteiger partial charge >= 0.3 is 0 Å². The van der Waals surface area contributed by atoms with E-state index in [1.165, 1.54) is 37.7 Å². The third-order valence-corrected chi connectivity index (χ3v) is 6.13. The Balaban J connectivity index is 1.47. The Kier molecular flexibility index (Phi) is 4.61. The maximum Gasteiger partial charge on any atom is 0.139 e. The first-order valence-corrected chi connectivity index (χ1v) is 10.4. The van der Waals surface area contributed by atoms with Crippen molar-refractivity contribution >= 4 is 44.2 Å². The summed E-state index contributed by atoms with van der Waals surface area (Å²) in [5.74, 6) is 0.920. The topological polar surface area (TPSA) is 41.1 Å². The van der Waals surface area contributed by atoms with E-state index in [-0.39, 0.29) is 0 Å². The molecule has 1 fully saturated rings. The molecule has 1 saturated heterocycles. The van der Waals surface area contributed by atoms with Gasteiger partial charge in [-0.15, -0.1) is 0 Å². The molecule has 1 aliphatic heterocycles. The van der Waals surface area contributed by atoms with Crippen LogP contribution in [0.4, 0.5) is 0 Å². The van der Waals surface area contributed by atoms with Gasteiger partial charge in [0.05, 0.1) is 5.52 Å². The number of aryl methyl sites for hydroxylation is 1. The van der Waals surface area contributed by atoms with Crippen LogP contribution in [0.5, 0.6) is 5.75 Å². The van der Waals surface area contributed by atoms with Crippen molar-refractivity contribution in [3.05, 3.63) is 47.2 Å². The standard InChI is InChI=1S/C23H24ClN3O/c1-15-14-25-23(24)21-20-18-7-6-17(28-12-11-27-9-3-2-4-10-27)13-16(18)5-8-19(20)26-22(15)21/h5-8,13-14,26H,2-4,9-12H2,1H3. The smallest absolute Gasteiger partial charge is 0.139 e. The Bertz CT molecular complexity index is 1160. The van der Waals surface area contributed by atoms with Gasteiger partial charge in [-0.25, -0.2) is 4.98 Å². The van der Waals surface area contributed by atoms with E-state index in [0.29, 0.717) is 5.15 Å². The zero-order valence-corrected chi connectivity index (χ0v) is 16.9. The Morgan fingerprint density at radius 2 is 1.96 bits per heavy atom. The van der Waals surface area contributed by atoms with Crippen LogP contribution in [0.15, 0.2) is 36.5 Å². The van der Waals surface area contributed by atoms with Gasteiger partial charge in [0.25, 0.3) is 0 Å². The van der Waals surface area contributed by atoms with Crippen LogP contribution in [0.1, 0.15) is 24.8 Å². The van der Waals surface area contributed by atoms with Crippen LogP contribution >= 0.6 is 11.6 Å².